The van der Waals surface area contributed by atoms with Gasteiger partial charge in [0.1, 0.15) is 0 Å². The largest absolute Gasteiger partial charge is 0.221 e. The third-order valence-corrected chi connectivity index (χ3v) is 1.95. The summed E-state index contributed by atoms with van der Waals surface area (Å²) in [6, 6.07) is 0. The van der Waals surface area contributed by atoms with Crippen molar-refractivity contribution in [2.24, 2.45) is 4.40 Å². The fourth-order valence-electron chi connectivity index (χ4n) is 0.647. The number of hydrogen-bond donors (Lipinski definition) is 0. The van der Waals surface area contributed by atoms with Crippen LogP contribution in [0.1, 0.15) is 13.3 Å². The van der Waals surface area contributed by atoms with Crippen LogP contribution in [0.4, 0.5) is 0 Å². The summed E-state index contributed by atoms with van der Waals surface area (Å²) < 4.78 is 4.15. The molecule has 0 radical (unpaired) electrons. The Labute approximate surface area is 54.0 Å². The van der Waals surface area contributed by atoms with Gasteiger partial charge < -0.3 is 0 Å². The van der Waals surface area contributed by atoms with Crippen molar-refractivity contribution in [3.8, 4) is 0 Å². The zero-order valence-electron chi connectivity index (χ0n) is 4.92. The summed E-state index contributed by atoms with van der Waals surface area (Å²) in [4.78, 5) is 0. The zero-order valence-corrected chi connectivity index (χ0v) is 5.74. The van der Waals surface area contributed by atoms with Crippen molar-refractivity contribution in [1.82, 2.24) is 0 Å². The van der Waals surface area contributed by atoms with E-state index >= 15 is 0 Å². The van der Waals surface area contributed by atoms with E-state index in [-0.39, 0.29) is 0 Å². The molecule has 0 aliphatic carbocycles. The SMILES string of the molecule is C=CC1=NSC(C)C1. The minimum absolute atomic E-state index is 0.669. The van der Waals surface area contributed by atoms with Crippen LogP contribution in [-0.2, 0) is 0 Å². The third kappa shape index (κ3) is 1.13. The molecule has 0 amide bonds. The van der Waals surface area contributed by atoms with Gasteiger partial charge in [0.15, 0.2) is 0 Å². The Morgan fingerprint density at radius 3 is 3.00 bits per heavy atom. The van der Waals surface area contributed by atoms with Crippen molar-refractivity contribution in [2.45, 2.75) is 18.6 Å². The molecule has 1 aliphatic heterocycles. The van der Waals surface area contributed by atoms with Crippen LogP contribution in [0.5, 0.6) is 0 Å². The van der Waals surface area contributed by atoms with Crippen LogP contribution in [0.2, 0.25) is 0 Å². The van der Waals surface area contributed by atoms with Crippen molar-refractivity contribution >= 4 is 17.7 Å². The second kappa shape index (κ2) is 2.35. The van der Waals surface area contributed by atoms with Crippen LogP contribution >= 0.6 is 11.9 Å². The molecule has 44 valence electrons. The topological polar surface area (TPSA) is 12.4 Å². The van der Waals surface area contributed by atoms with Gasteiger partial charge in [0, 0.05) is 17.4 Å². The van der Waals surface area contributed by atoms with E-state index in [0.717, 1.165) is 12.1 Å². The lowest BCUT2D eigenvalue weighted by Gasteiger charge is -1.91. The van der Waals surface area contributed by atoms with E-state index in [1.54, 1.807) is 11.9 Å². The first-order valence-corrected chi connectivity index (χ1v) is 3.51. The Morgan fingerprint density at radius 1 is 2.00 bits per heavy atom. The van der Waals surface area contributed by atoms with E-state index in [4.69, 9.17) is 0 Å². The van der Waals surface area contributed by atoms with Gasteiger partial charge in [-0.25, -0.2) is 4.40 Å². The average molecular weight is 127 g/mol. The summed E-state index contributed by atoms with van der Waals surface area (Å²) in [5.41, 5.74) is 1.14. The minimum atomic E-state index is 0.669. The molecule has 0 aromatic carbocycles. The molecule has 0 spiro atoms. The molecule has 0 aromatic rings. The lowest BCUT2D eigenvalue weighted by atomic mass is 10.2. The second-order valence-corrected chi connectivity index (χ2v) is 3.11. The first-order valence-electron chi connectivity index (χ1n) is 2.68. The van der Waals surface area contributed by atoms with Crippen LogP contribution in [0, 0.1) is 0 Å². The van der Waals surface area contributed by atoms with Gasteiger partial charge in [0.05, 0.1) is 0 Å². The average Bonchev–Trinajstić information content (AvgIpc) is 2.14. The lowest BCUT2D eigenvalue weighted by Crippen LogP contribution is -1.94. The highest BCUT2D eigenvalue weighted by molar-refractivity contribution is 7.99. The van der Waals surface area contributed by atoms with Gasteiger partial charge in [-0.2, -0.15) is 0 Å². The maximum Gasteiger partial charge on any atom is 0.0492 e. The minimum Gasteiger partial charge on any atom is -0.221 e. The summed E-state index contributed by atoms with van der Waals surface area (Å²) in [5.74, 6) is 0. The molecule has 1 heterocycles. The fourth-order valence-corrected chi connectivity index (χ4v) is 1.36. The van der Waals surface area contributed by atoms with Gasteiger partial charge in [-0.3, -0.25) is 0 Å². The van der Waals surface area contributed by atoms with Crippen molar-refractivity contribution in [3.63, 3.8) is 0 Å². The highest BCUT2D eigenvalue weighted by atomic mass is 32.2. The monoisotopic (exact) mass is 127 g/mol. The molecular weight excluding hydrogens is 118 g/mol. The predicted octanol–water partition coefficient (Wildman–Crippen LogP) is 2.05. The molecule has 0 fully saturated rings. The standard InChI is InChI=1S/C6H9NS/c1-3-6-4-5(2)8-7-6/h3,5H,1,4H2,2H3. The number of rotatable bonds is 1. The first kappa shape index (κ1) is 5.89. The Hall–Kier alpha value is -0.240. The first-order chi connectivity index (χ1) is 3.83. The number of nitrogens with zero attached hydrogens (tertiary/aromatic N) is 1. The third-order valence-electron chi connectivity index (χ3n) is 1.08. The highest BCUT2D eigenvalue weighted by Gasteiger charge is 2.11. The van der Waals surface area contributed by atoms with E-state index in [1.807, 2.05) is 6.08 Å². The molecule has 8 heavy (non-hydrogen) atoms. The van der Waals surface area contributed by atoms with Crippen LogP contribution in [0.15, 0.2) is 17.1 Å². The summed E-state index contributed by atoms with van der Waals surface area (Å²) in [7, 11) is 0. The molecule has 0 bridgehead atoms. The van der Waals surface area contributed by atoms with E-state index in [0.29, 0.717) is 5.25 Å². The zero-order chi connectivity index (χ0) is 5.98. The molecule has 0 saturated carbocycles. The van der Waals surface area contributed by atoms with Crippen LogP contribution in [-0.4, -0.2) is 11.0 Å². The number of hydrogen-bond acceptors (Lipinski definition) is 2. The van der Waals surface area contributed by atoms with Crippen molar-refractivity contribution in [1.29, 1.82) is 0 Å². The van der Waals surface area contributed by atoms with E-state index in [1.165, 1.54) is 0 Å². The molecule has 1 rings (SSSR count). The maximum atomic E-state index is 4.15. The predicted molar refractivity (Wildman–Crippen MR) is 39.3 cm³/mol. The second-order valence-electron chi connectivity index (χ2n) is 1.91. The van der Waals surface area contributed by atoms with Crippen molar-refractivity contribution < 1.29 is 0 Å². The Balaban J connectivity index is 2.49. The Morgan fingerprint density at radius 2 is 2.75 bits per heavy atom. The van der Waals surface area contributed by atoms with Gasteiger partial charge in [-0.15, -0.1) is 0 Å². The van der Waals surface area contributed by atoms with Gasteiger partial charge in [-0.05, 0) is 18.0 Å². The highest BCUT2D eigenvalue weighted by Crippen LogP contribution is 2.23. The maximum absolute atomic E-state index is 4.15. The van der Waals surface area contributed by atoms with Gasteiger partial charge in [-0.1, -0.05) is 13.5 Å². The van der Waals surface area contributed by atoms with E-state index in [9.17, 15) is 0 Å². The Kier molecular flexibility index (Phi) is 1.73. The smallest absolute Gasteiger partial charge is 0.0492 e. The van der Waals surface area contributed by atoms with Crippen LogP contribution in [0.3, 0.4) is 0 Å². The normalized spacial score (nSPS) is 27.6. The van der Waals surface area contributed by atoms with Gasteiger partial charge >= 0.3 is 0 Å². The summed E-state index contributed by atoms with van der Waals surface area (Å²) in [6.45, 7) is 5.80. The fraction of sp³-hybridized carbons (Fsp3) is 0.500. The molecular formula is C6H9NS. The summed E-state index contributed by atoms with van der Waals surface area (Å²) in [5, 5.41) is 0.669. The van der Waals surface area contributed by atoms with Crippen molar-refractivity contribution in [2.75, 3.05) is 0 Å². The Bertz CT molecular complexity index is 128. The van der Waals surface area contributed by atoms with Gasteiger partial charge in [0.2, 0.25) is 0 Å². The molecule has 1 aliphatic rings. The molecule has 0 N–H and O–H groups in total. The van der Waals surface area contributed by atoms with Gasteiger partial charge in [0.25, 0.3) is 0 Å². The van der Waals surface area contributed by atoms with Crippen molar-refractivity contribution in [3.05, 3.63) is 12.7 Å². The molecule has 1 atom stereocenters. The van der Waals surface area contributed by atoms with E-state index in [2.05, 4.69) is 17.9 Å². The molecule has 2 heteroatoms. The molecule has 1 unspecified atom stereocenters. The summed E-state index contributed by atoms with van der Waals surface area (Å²) in [6.07, 6.45) is 2.92. The summed E-state index contributed by atoms with van der Waals surface area (Å²) >= 11 is 1.65. The molecule has 0 saturated heterocycles. The van der Waals surface area contributed by atoms with Crippen LogP contribution < -0.4 is 0 Å². The quantitative estimate of drug-likeness (QED) is 0.491. The number of allylic oxidation sites excluding steroid dienone is 1. The molecule has 1 nitrogen and oxygen atoms in total. The van der Waals surface area contributed by atoms with Crippen LogP contribution in [0.25, 0.3) is 0 Å². The molecule has 0 aromatic heterocycles. The van der Waals surface area contributed by atoms with E-state index < -0.39 is 0 Å². The lowest BCUT2D eigenvalue weighted by molar-refractivity contribution is 1.04.